The molecule has 0 saturated carbocycles. The largest absolute Gasteiger partial charge is 0.478 e. The molecule has 0 unspecified atom stereocenters. The lowest BCUT2D eigenvalue weighted by Crippen LogP contribution is -2.47. The minimum Gasteiger partial charge on any atom is -0.478 e. The van der Waals surface area contributed by atoms with Crippen LogP contribution >= 0.6 is 0 Å². The zero-order valence-corrected chi connectivity index (χ0v) is 36.6. The summed E-state index contributed by atoms with van der Waals surface area (Å²) in [6, 6.07) is 6.87. The van der Waals surface area contributed by atoms with Crippen LogP contribution in [0.15, 0.2) is 48.6 Å². The molecule has 0 aliphatic heterocycles. The zero-order chi connectivity index (χ0) is 41.0. The van der Waals surface area contributed by atoms with Crippen molar-refractivity contribution in [1.82, 2.24) is 0 Å². The molecule has 0 fully saturated rings. The van der Waals surface area contributed by atoms with Gasteiger partial charge in [0.25, 0.3) is 0 Å². The minimum atomic E-state index is -0.952. The van der Waals surface area contributed by atoms with Gasteiger partial charge in [-0.1, -0.05) is 153 Å². The number of esters is 2. The Morgan fingerprint density at radius 3 is 1.39 bits per heavy atom. The summed E-state index contributed by atoms with van der Waals surface area (Å²) >= 11 is 0. The fourth-order valence-corrected chi connectivity index (χ4v) is 7.17. The molecule has 0 aliphatic carbocycles. The van der Waals surface area contributed by atoms with Gasteiger partial charge in [0.1, 0.15) is 19.7 Å². The molecule has 7 nitrogen and oxygen atoms in total. The fourth-order valence-electron chi connectivity index (χ4n) is 7.17. The lowest BCUT2D eigenvalue weighted by Gasteiger charge is -2.33. The normalized spacial score (nSPS) is 12.4. The predicted octanol–water partition coefficient (Wildman–Crippen LogP) is 13.5. The highest BCUT2D eigenvalue weighted by molar-refractivity contribution is 5.87. The van der Waals surface area contributed by atoms with Gasteiger partial charge in [-0.2, -0.15) is 0 Å². The SMILES string of the molecule is CCCCCCCC/C=C\CCCCCCCC(=O)OC[C@H](C[N+](C)(C)Cc1ccc(C(=O)O)cc1)OC(=O)CCCCCCC/C=C\CCCCCCCC. The van der Waals surface area contributed by atoms with Gasteiger partial charge < -0.3 is 19.1 Å². The van der Waals surface area contributed by atoms with E-state index in [1.54, 1.807) is 12.1 Å². The van der Waals surface area contributed by atoms with Crippen LogP contribution in [0.1, 0.15) is 210 Å². The summed E-state index contributed by atoms with van der Waals surface area (Å²) in [6.45, 7) is 5.65. The number of carboxylic acids is 1. The number of benzene rings is 1. The van der Waals surface area contributed by atoms with E-state index in [4.69, 9.17) is 9.47 Å². The maximum absolute atomic E-state index is 13.0. The molecule has 7 heteroatoms. The number of allylic oxidation sites excluding steroid dienone is 4. The number of nitrogens with zero attached hydrogens (tertiary/aromatic N) is 1. The summed E-state index contributed by atoms with van der Waals surface area (Å²) < 4.78 is 12.1. The van der Waals surface area contributed by atoms with E-state index in [0.717, 1.165) is 56.9 Å². The van der Waals surface area contributed by atoms with E-state index in [9.17, 15) is 19.5 Å². The van der Waals surface area contributed by atoms with Gasteiger partial charge in [0.2, 0.25) is 0 Å². The molecule has 1 aromatic carbocycles. The topological polar surface area (TPSA) is 89.9 Å². The molecule has 0 amide bonds. The quantitative estimate of drug-likeness (QED) is 0.0311. The van der Waals surface area contributed by atoms with Gasteiger partial charge in [-0.15, -0.1) is 0 Å². The highest BCUT2D eigenvalue weighted by Crippen LogP contribution is 2.16. The van der Waals surface area contributed by atoms with Crippen molar-refractivity contribution >= 4 is 17.9 Å². The Hall–Kier alpha value is -2.93. The Bertz CT molecular complexity index is 1170. The number of carbonyl (C=O) groups excluding carboxylic acids is 2. The van der Waals surface area contributed by atoms with Crippen molar-refractivity contribution in [3.8, 4) is 0 Å². The molecule has 320 valence electrons. The van der Waals surface area contributed by atoms with Gasteiger partial charge >= 0.3 is 17.9 Å². The number of carboxylic acid groups (broad SMARTS) is 1. The molecule has 0 aromatic heterocycles. The molecule has 1 atom stereocenters. The van der Waals surface area contributed by atoms with Crippen LogP contribution in [-0.2, 0) is 25.6 Å². The minimum absolute atomic E-state index is 0.0433. The highest BCUT2D eigenvalue weighted by atomic mass is 16.6. The number of unbranched alkanes of at least 4 members (excludes halogenated alkanes) is 22. The van der Waals surface area contributed by atoms with Crippen molar-refractivity contribution in [2.24, 2.45) is 0 Å². The number of likely N-dealkylation sites (N-methyl/N-ethyl adjacent to an activating group) is 1. The Morgan fingerprint density at radius 2 is 0.964 bits per heavy atom. The predicted molar refractivity (Wildman–Crippen MR) is 234 cm³/mol. The van der Waals surface area contributed by atoms with Crippen molar-refractivity contribution in [2.45, 2.75) is 206 Å². The first-order chi connectivity index (χ1) is 27.2. The van der Waals surface area contributed by atoms with Crippen LogP contribution in [0.25, 0.3) is 0 Å². The molecule has 0 heterocycles. The molecule has 1 aromatic rings. The van der Waals surface area contributed by atoms with Crippen LogP contribution in [0.5, 0.6) is 0 Å². The Kier molecular flexibility index (Phi) is 32.2. The molecule has 0 aliphatic rings. The van der Waals surface area contributed by atoms with Gasteiger partial charge in [-0.25, -0.2) is 4.79 Å². The number of aromatic carboxylic acids is 1. The fraction of sp³-hybridized carbons (Fsp3) is 0.735. The Labute approximate surface area is 343 Å². The van der Waals surface area contributed by atoms with Crippen molar-refractivity contribution in [2.75, 3.05) is 27.2 Å². The number of carbonyl (C=O) groups is 3. The van der Waals surface area contributed by atoms with E-state index in [-0.39, 0.29) is 24.1 Å². The van der Waals surface area contributed by atoms with Gasteiger partial charge in [0.05, 0.1) is 19.7 Å². The Morgan fingerprint density at radius 1 is 0.571 bits per heavy atom. The summed E-state index contributed by atoms with van der Waals surface area (Å²) in [4.78, 5) is 37.0. The molecular formula is C49H84NO6+. The molecule has 1 rings (SSSR count). The summed E-state index contributed by atoms with van der Waals surface area (Å²) in [5.74, 6) is -1.44. The van der Waals surface area contributed by atoms with Gasteiger partial charge in [-0.05, 0) is 76.3 Å². The van der Waals surface area contributed by atoms with Gasteiger partial charge in [0, 0.05) is 18.4 Å². The first-order valence-electron chi connectivity index (χ1n) is 23.0. The smallest absolute Gasteiger partial charge is 0.335 e. The molecular weight excluding hydrogens is 699 g/mol. The second-order valence-corrected chi connectivity index (χ2v) is 16.7. The van der Waals surface area contributed by atoms with Gasteiger partial charge in [0.15, 0.2) is 6.10 Å². The molecule has 1 N–H and O–H groups in total. The second-order valence-electron chi connectivity index (χ2n) is 16.7. The van der Waals surface area contributed by atoms with E-state index in [2.05, 4.69) is 38.2 Å². The molecule has 0 saturated heterocycles. The first kappa shape index (κ1) is 51.1. The number of ether oxygens (including phenoxy) is 2. The number of quaternary nitrogens is 1. The van der Waals surface area contributed by atoms with Gasteiger partial charge in [-0.3, -0.25) is 9.59 Å². The third kappa shape index (κ3) is 31.2. The van der Waals surface area contributed by atoms with Crippen LogP contribution in [-0.4, -0.2) is 60.8 Å². The van der Waals surface area contributed by atoms with E-state index in [1.165, 1.54) is 116 Å². The second kappa shape index (κ2) is 35.2. The molecule has 0 radical (unpaired) electrons. The first-order valence-corrected chi connectivity index (χ1v) is 23.0. The maximum atomic E-state index is 13.0. The van der Waals surface area contributed by atoms with E-state index in [1.807, 2.05) is 26.2 Å². The van der Waals surface area contributed by atoms with Crippen molar-refractivity contribution in [3.05, 3.63) is 59.7 Å². The van der Waals surface area contributed by atoms with Crippen molar-refractivity contribution in [3.63, 3.8) is 0 Å². The summed E-state index contributed by atoms with van der Waals surface area (Å²) in [5, 5.41) is 9.26. The van der Waals surface area contributed by atoms with Crippen LogP contribution in [0.2, 0.25) is 0 Å². The highest BCUT2D eigenvalue weighted by Gasteiger charge is 2.27. The molecule has 0 bridgehead atoms. The number of hydrogen-bond donors (Lipinski definition) is 1. The summed E-state index contributed by atoms with van der Waals surface area (Å²) in [7, 11) is 4.09. The third-order valence-corrected chi connectivity index (χ3v) is 10.5. The third-order valence-electron chi connectivity index (χ3n) is 10.5. The maximum Gasteiger partial charge on any atom is 0.335 e. The summed E-state index contributed by atoms with van der Waals surface area (Å²) in [6.07, 6.45) is 40.9. The van der Waals surface area contributed by atoms with E-state index < -0.39 is 12.1 Å². The van der Waals surface area contributed by atoms with Crippen LogP contribution in [0.4, 0.5) is 0 Å². The Balaban J connectivity index is 2.40. The van der Waals surface area contributed by atoms with Crippen LogP contribution in [0.3, 0.4) is 0 Å². The number of rotatable bonds is 38. The molecule has 56 heavy (non-hydrogen) atoms. The average Bonchev–Trinajstić information content (AvgIpc) is 3.16. The molecule has 0 spiro atoms. The number of hydrogen-bond acceptors (Lipinski definition) is 5. The lowest BCUT2D eigenvalue weighted by atomic mass is 10.1. The van der Waals surface area contributed by atoms with Crippen molar-refractivity contribution in [1.29, 1.82) is 0 Å². The van der Waals surface area contributed by atoms with E-state index >= 15 is 0 Å². The van der Waals surface area contributed by atoms with Crippen LogP contribution < -0.4 is 0 Å². The standard InChI is InChI=1S/C49H83NO6/c1-5-7-9-11-13-15-17-19-21-23-25-27-29-31-33-35-47(51)55-43-46(42-50(3,4)41-44-37-39-45(40-38-44)49(53)54)56-48(52)36-34-32-30-28-26-24-22-20-18-16-14-12-10-8-6-2/h19-22,37-40,46H,5-18,23-36,41-43H2,1-4H3/p+1/b21-19-,22-20-/t46-/m0/s1. The zero-order valence-electron chi connectivity index (χ0n) is 36.6. The average molecular weight is 783 g/mol. The van der Waals surface area contributed by atoms with Crippen molar-refractivity contribution < 1.29 is 33.4 Å². The van der Waals surface area contributed by atoms with E-state index in [0.29, 0.717) is 30.4 Å². The summed E-state index contributed by atoms with van der Waals surface area (Å²) in [5.41, 5.74) is 1.24. The monoisotopic (exact) mass is 783 g/mol. The lowest BCUT2D eigenvalue weighted by molar-refractivity contribution is -0.906. The van der Waals surface area contributed by atoms with Crippen LogP contribution in [0, 0.1) is 0 Å².